The standard InChI is InChI=1S/C18H15F3N2O2/c19-18(20,21)12-7-4-8-13(9-12)22-17(25)16-14(10-15(24)23-16)11-5-2-1-3-6-11/h1-9,14,16H,10H2,(H,22,25)(H,23,24). The van der Waals surface area contributed by atoms with Gasteiger partial charge in [0, 0.05) is 18.0 Å². The maximum absolute atomic E-state index is 12.8. The number of amides is 2. The van der Waals surface area contributed by atoms with Crippen LogP contribution in [0.3, 0.4) is 0 Å². The van der Waals surface area contributed by atoms with Gasteiger partial charge in [-0.2, -0.15) is 13.2 Å². The molecule has 2 aromatic rings. The molecule has 0 bridgehead atoms. The summed E-state index contributed by atoms with van der Waals surface area (Å²) in [5.41, 5.74) is 0.0122. The Balaban J connectivity index is 1.79. The van der Waals surface area contributed by atoms with E-state index in [0.29, 0.717) is 0 Å². The van der Waals surface area contributed by atoms with Gasteiger partial charge >= 0.3 is 6.18 Å². The Hall–Kier alpha value is -2.83. The summed E-state index contributed by atoms with van der Waals surface area (Å²) in [6.07, 6.45) is -4.33. The van der Waals surface area contributed by atoms with Crippen molar-refractivity contribution in [3.05, 3.63) is 65.7 Å². The van der Waals surface area contributed by atoms with Gasteiger partial charge in [-0.1, -0.05) is 36.4 Å². The SMILES string of the molecule is O=C1CC(c2ccccc2)C(C(=O)Nc2cccc(C(F)(F)F)c2)N1. The maximum Gasteiger partial charge on any atom is 0.416 e. The molecule has 130 valence electrons. The van der Waals surface area contributed by atoms with E-state index in [1.165, 1.54) is 12.1 Å². The van der Waals surface area contributed by atoms with Crippen molar-refractivity contribution in [1.82, 2.24) is 5.32 Å². The molecule has 4 nitrogen and oxygen atoms in total. The second-order valence-electron chi connectivity index (χ2n) is 5.83. The van der Waals surface area contributed by atoms with Crippen LogP contribution in [0.4, 0.5) is 18.9 Å². The van der Waals surface area contributed by atoms with Crippen LogP contribution in [-0.4, -0.2) is 17.9 Å². The number of carbonyl (C=O) groups is 2. The predicted molar refractivity (Wildman–Crippen MR) is 85.8 cm³/mol. The zero-order chi connectivity index (χ0) is 18.0. The highest BCUT2D eigenvalue weighted by Gasteiger charge is 2.38. The number of nitrogens with one attached hydrogen (secondary N) is 2. The van der Waals surface area contributed by atoms with Gasteiger partial charge in [0.15, 0.2) is 0 Å². The first kappa shape index (κ1) is 17.0. The first-order valence-corrected chi connectivity index (χ1v) is 7.67. The van der Waals surface area contributed by atoms with Crippen LogP contribution < -0.4 is 10.6 Å². The summed E-state index contributed by atoms with van der Waals surface area (Å²) in [4.78, 5) is 24.2. The van der Waals surface area contributed by atoms with E-state index in [1.807, 2.05) is 18.2 Å². The molecule has 2 unspecified atom stereocenters. The van der Waals surface area contributed by atoms with Gasteiger partial charge in [-0.15, -0.1) is 0 Å². The highest BCUT2D eigenvalue weighted by atomic mass is 19.4. The zero-order valence-electron chi connectivity index (χ0n) is 13.0. The molecule has 2 N–H and O–H groups in total. The molecule has 2 atom stereocenters. The van der Waals surface area contributed by atoms with Gasteiger partial charge in [-0.25, -0.2) is 0 Å². The van der Waals surface area contributed by atoms with Gasteiger partial charge in [0.05, 0.1) is 5.56 Å². The number of rotatable bonds is 3. The molecule has 7 heteroatoms. The van der Waals surface area contributed by atoms with Crippen LogP contribution in [0.2, 0.25) is 0 Å². The largest absolute Gasteiger partial charge is 0.416 e. The third-order valence-electron chi connectivity index (χ3n) is 4.09. The fraction of sp³-hybridized carbons (Fsp3) is 0.222. The third kappa shape index (κ3) is 3.81. The van der Waals surface area contributed by atoms with Crippen LogP contribution >= 0.6 is 0 Å². The number of benzene rings is 2. The molecule has 1 aliphatic heterocycles. The number of anilines is 1. The highest BCUT2D eigenvalue weighted by molar-refractivity contribution is 6.00. The molecule has 0 aromatic heterocycles. The number of alkyl halides is 3. The van der Waals surface area contributed by atoms with Crippen molar-refractivity contribution in [3.8, 4) is 0 Å². The maximum atomic E-state index is 12.8. The molecule has 2 amide bonds. The molecule has 0 spiro atoms. The summed E-state index contributed by atoms with van der Waals surface area (Å²) in [5.74, 6) is -1.17. The summed E-state index contributed by atoms with van der Waals surface area (Å²) in [6.45, 7) is 0. The van der Waals surface area contributed by atoms with E-state index in [-0.39, 0.29) is 23.9 Å². The smallest absolute Gasteiger partial charge is 0.344 e. The van der Waals surface area contributed by atoms with Crippen molar-refractivity contribution in [3.63, 3.8) is 0 Å². The van der Waals surface area contributed by atoms with Gasteiger partial charge in [0.25, 0.3) is 0 Å². The fourth-order valence-corrected chi connectivity index (χ4v) is 2.90. The second-order valence-corrected chi connectivity index (χ2v) is 5.83. The Labute approximate surface area is 142 Å². The van der Waals surface area contributed by atoms with Gasteiger partial charge in [0.1, 0.15) is 6.04 Å². The van der Waals surface area contributed by atoms with Crippen LogP contribution in [0.25, 0.3) is 0 Å². The van der Waals surface area contributed by atoms with Gasteiger partial charge < -0.3 is 10.6 Å². The molecule has 1 heterocycles. The van der Waals surface area contributed by atoms with Crippen molar-refractivity contribution >= 4 is 17.5 Å². The van der Waals surface area contributed by atoms with Gasteiger partial charge in [0.2, 0.25) is 11.8 Å². The number of halogens is 3. The lowest BCUT2D eigenvalue weighted by Gasteiger charge is -2.19. The van der Waals surface area contributed by atoms with Crippen LogP contribution in [0.15, 0.2) is 54.6 Å². The Morgan fingerprint density at radius 2 is 1.80 bits per heavy atom. The summed E-state index contributed by atoms with van der Waals surface area (Å²) in [7, 11) is 0. The minimum absolute atomic E-state index is 0.0350. The molecule has 1 saturated heterocycles. The van der Waals surface area contributed by atoms with Crippen molar-refractivity contribution in [1.29, 1.82) is 0 Å². The van der Waals surface area contributed by atoms with E-state index < -0.39 is 23.7 Å². The lowest BCUT2D eigenvalue weighted by atomic mass is 9.91. The number of hydrogen-bond acceptors (Lipinski definition) is 2. The van der Waals surface area contributed by atoms with Gasteiger partial charge in [-0.3, -0.25) is 9.59 Å². The quantitative estimate of drug-likeness (QED) is 0.894. The molecular formula is C18H15F3N2O2. The first-order chi connectivity index (χ1) is 11.8. The average Bonchev–Trinajstić information content (AvgIpc) is 2.97. The van der Waals surface area contributed by atoms with E-state index in [1.54, 1.807) is 12.1 Å². The van der Waals surface area contributed by atoms with E-state index in [9.17, 15) is 22.8 Å². The van der Waals surface area contributed by atoms with E-state index in [2.05, 4.69) is 10.6 Å². The van der Waals surface area contributed by atoms with Crippen LogP contribution in [0, 0.1) is 0 Å². The Morgan fingerprint density at radius 3 is 2.48 bits per heavy atom. The van der Waals surface area contributed by atoms with Crippen molar-refractivity contribution in [2.24, 2.45) is 0 Å². The minimum Gasteiger partial charge on any atom is -0.344 e. The monoisotopic (exact) mass is 348 g/mol. The molecule has 0 radical (unpaired) electrons. The summed E-state index contributed by atoms with van der Waals surface area (Å²) >= 11 is 0. The van der Waals surface area contributed by atoms with Crippen LogP contribution in [0.1, 0.15) is 23.5 Å². The van der Waals surface area contributed by atoms with Crippen LogP contribution in [-0.2, 0) is 15.8 Å². The van der Waals surface area contributed by atoms with Crippen LogP contribution in [0.5, 0.6) is 0 Å². The Bertz CT molecular complexity index is 790. The number of carbonyl (C=O) groups excluding carboxylic acids is 2. The van der Waals surface area contributed by atoms with E-state index in [0.717, 1.165) is 17.7 Å². The fourth-order valence-electron chi connectivity index (χ4n) is 2.90. The normalized spacial score (nSPS) is 20.2. The molecule has 1 aliphatic rings. The molecular weight excluding hydrogens is 333 g/mol. The topological polar surface area (TPSA) is 58.2 Å². The highest BCUT2D eigenvalue weighted by Crippen LogP contribution is 2.32. The van der Waals surface area contributed by atoms with E-state index >= 15 is 0 Å². The third-order valence-corrected chi connectivity index (χ3v) is 4.09. The lowest BCUT2D eigenvalue weighted by molar-refractivity contribution is -0.137. The van der Waals surface area contributed by atoms with Gasteiger partial charge in [-0.05, 0) is 23.8 Å². The zero-order valence-corrected chi connectivity index (χ0v) is 13.0. The van der Waals surface area contributed by atoms with Crippen molar-refractivity contribution in [2.45, 2.75) is 24.6 Å². The average molecular weight is 348 g/mol. The summed E-state index contributed by atoms with van der Waals surface area (Å²) in [6, 6.07) is 12.6. The first-order valence-electron chi connectivity index (χ1n) is 7.67. The molecule has 25 heavy (non-hydrogen) atoms. The molecule has 2 aromatic carbocycles. The summed E-state index contributed by atoms with van der Waals surface area (Å²) < 4.78 is 38.3. The number of hydrogen-bond donors (Lipinski definition) is 2. The Morgan fingerprint density at radius 1 is 1.08 bits per heavy atom. The van der Waals surface area contributed by atoms with Crippen molar-refractivity contribution in [2.75, 3.05) is 5.32 Å². The Kier molecular flexibility index (Phi) is 4.48. The molecule has 0 aliphatic carbocycles. The minimum atomic E-state index is -4.49. The second kappa shape index (κ2) is 6.58. The molecule has 1 fully saturated rings. The van der Waals surface area contributed by atoms with Crippen molar-refractivity contribution < 1.29 is 22.8 Å². The van der Waals surface area contributed by atoms with E-state index in [4.69, 9.17) is 0 Å². The summed E-state index contributed by atoms with van der Waals surface area (Å²) in [5, 5.41) is 5.06. The lowest BCUT2D eigenvalue weighted by Crippen LogP contribution is -2.40. The predicted octanol–water partition coefficient (Wildman–Crippen LogP) is 3.32. The molecule has 3 rings (SSSR count). The molecule has 0 saturated carbocycles.